The molecule has 188 valence electrons. The Morgan fingerprint density at radius 2 is 1.74 bits per heavy atom. The van der Waals surface area contributed by atoms with Crippen LogP contribution in [0.5, 0.6) is 0 Å². The van der Waals surface area contributed by atoms with Crippen molar-refractivity contribution in [3.8, 4) is 0 Å². The summed E-state index contributed by atoms with van der Waals surface area (Å²) in [5.74, 6) is -0.925. The molecule has 1 saturated heterocycles. The number of fused-ring (bicyclic) bond motifs is 1. The Bertz CT molecular complexity index is 1060. The van der Waals surface area contributed by atoms with Gasteiger partial charge in [0.25, 0.3) is 11.8 Å². The molecular formula is C25H35N7O3. The first kappa shape index (κ1) is 24.9. The van der Waals surface area contributed by atoms with E-state index in [4.69, 9.17) is 0 Å². The number of carbonyl (C=O) groups excluding carboxylic acids is 3. The van der Waals surface area contributed by atoms with E-state index in [2.05, 4.69) is 32.5 Å². The van der Waals surface area contributed by atoms with Gasteiger partial charge in [-0.15, -0.1) is 0 Å². The van der Waals surface area contributed by atoms with Gasteiger partial charge in [0.1, 0.15) is 11.2 Å². The molecule has 1 atom stereocenters. The summed E-state index contributed by atoms with van der Waals surface area (Å²) in [7, 11) is 1.61. The third-order valence-corrected chi connectivity index (χ3v) is 7.15. The zero-order valence-electron chi connectivity index (χ0n) is 20.8. The largest absolute Gasteiger partial charge is 0.350 e. The summed E-state index contributed by atoms with van der Waals surface area (Å²) in [6.45, 7) is 10.9. The molecule has 3 heterocycles. The molecule has 3 amide bonds. The quantitative estimate of drug-likeness (QED) is 0.566. The zero-order valence-corrected chi connectivity index (χ0v) is 20.8. The molecule has 0 spiro atoms. The van der Waals surface area contributed by atoms with Crippen LogP contribution in [-0.4, -0.2) is 101 Å². The molecule has 2 aromatic rings. The first-order valence-corrected chi connectivity index (χ1v) is 12.2. The number of benzene rings is 1. The lowest BCUT2D eigenvalue weighted by Crippen LogP contribution is -2.62. The van der Waals surface area contributed by atoms with E-state index in [1.54, 1.807) is 14.0 Å². The van der Waals surface area contributed by atoms with Crippen molar-refractivity contribution in [3.63, 3.8) is 0 Å². The number of aromatic nitrogens is 2. The first-order valence-electron chi connectivity index (χ1n) is 12.2. The predicted octanol–water partition coefficient (Wildman–Crippen LogP) is 0.411. The van der Waals surface area contributed by atoms with Gasteiger partial charge in [-0.25, -0.2) is 0 Å². The van der Waals surface area contributed by atoms with Gasteiger partial charge in [0.05, 0.1) is 6.54 Å². The molecule has 1 aromatic carbocycles. The Morgan fingerprint density at radius 3 is 2.43 bits per heavy atom. The van der Waals surface area contributed by atoms with Gasteiger partial charge in [-0.1, -0.05) is 37.3 Å². The molecule has 1 aromatic heterocycles. The van der Waals surface area contributed by atoms with Gasteiger partial charge >= 0.3 is 0 Å². The number of likely N-dealkylation sites (N-methyl/N-ethyl adjacent to an activating group) is 2. The highest BCUT2D eigenvalue weighted by molar-refractivity contribution is 6.01. The molecule has 0 aliphatic carbocycles. The summed E-state index contributed by atoms with van der Waals surface area (Å²) < 4.78 is 1.48. The first-order chi connectivity index (χ1) is 16.8. The van der Waals surface area contributed by atoms with Gasteiger partial charge in [-0.2, -0.15) is 5.10 Å². The van der Waals surface area contributed by atoms with E-state index in [0.717, 1.165) is 44.8 Å². The lowest BCUT2D eigenvalue weighted by molar-refractivity contribution is -0.132. The van der Waals surface area contributed by atoms with Crippen LogP contribution in [-0.2, 0) is 17.9 Å². The summed E-state index contributed by atoms with van der Waals surface area (Å²) in [6, 6.07) is 11.1. The maximum Gasteiger partial charge on any atom is 0.272 e. The molecule has 0 saturated carbocycles. The zero-order chi connectivity index (χ0) is 25.0. The Hall–Kier alpha value is -3.24. The maximum atomic E-state index is 13.1. The van der Waals surface area contributed by atoms with E-state index >= 15 is 0 Å². The number of carbonyl (C=O) groups is 3. The van der Waals surface area contributed by atoms with E-state index in [1.807, 2.05) is 30.3 Å². The molecule has 0 bridgehead atoms. The fraction of sp³-hybridized carbons (Fsp3) is 0.520. The van der Waals surface area contributed by atoms with E-state index < -0.39 is 5.54 Å². The fourth-order valence-corrected chi connectivity index (χ4v) is 4.55. The number of amides is 3. The van der Waals surface area contributed by atoms with Crippen molar-refractivity contribution in [3.05, 3.63) is 53.3 Å². The van der Waals surface area contributed by atoms with Crippen LogP contribution >= 0.6 is 0 Å². The van der Waals surface area contributed by atoms with Crippen LogP contribution < -0.4 is 10.6 Å². The third kappa shape index (κ3) is 5.38. The summed E-state index contributed by atoms with van der Waals surface area (Å²) in [5.41, 5.74) is 0.340. The van der Waals surface area contributed by atoms with Crippen LogP contribution in [0.4, 0.5) is 0 Å². The number of rotatable bonds is 8. The average Bonchev–Trinajstić information content (AvgIpc) is 3.31. The van der Waals surface area contributed by atoms with Crippen molar-refractivity contribution in [1.82, 2.24) is 35.1 Å². The molecule has 2 aliphatic heterocycles. The van der Waals surface area contributed by atoms with E-state index in [0.29, 0.717) is 18.8 Å². The van der Waals surface area contributed by atoms with Crippen molar-refractivity contribution >= 4 is 17.7 Å². The van der Waals surface area contributed by atoms with Crippen molar-refractivity contribution in [2.75, 3.05) is 52.9 Å². The second kappa shape index (κ2) is 10.6. The van der Waals surface area contributed by atoms with Gasteiger partial charge in [0, 0.05) is 58.9 Å². The fourth-order valence-electron chi connectivity index (χ4n) is 4.55. The molecule has 10 heteroatoms. The molecule has 1 fully saturated rings. The topological polar surface area (TPSA) is 103 Å². The molecule has 2 aliphatic rings. The molecular weight excluding hydrogens is 446 g/mol. The van der Waals surface area contributed by atoms with Crippen molar-refractivity contribution in [2.24, 2.45) is 0 Å². The smallest absolute Gasteiger partial charge is 0.272 e. The average molecular weight is 482 g/mol. The standard InChI is InChI=1S/C25H35N7O3/c1-4-30-12-14-31(15-13-30)11-10-26-22(33)20-16-21-23(34)29(3)25(2,18-32(21)28-20)24(35)27-17-19-8-6-5-7-9-19/h5-9,16H,4,10-15,17-18H2,1-3H3,(H,26,33)(H,27,35)/t25-/m1/s1. The minimum Gasteiger partial charge on any atom is -0.350 e. The summed E-state index contributed by atoms with van der Waals surface area (Å²) in [6.07, 6.45) is 0. The van der Waals surface area contributed by atoms with Gasteiger partial charge in [-0.3, -0.25) is 24.0 Å². The number of hydrogen-bond donors (Lipinski definition) is 2. The summed E-state index contributed by atoms with van der Waals surface area (Å²) in [4.78, 5) is 45.1. The van der Waals surface area contributed by atoms with Crippen LogP contribution in [0.1, 0.15) is 40.4 Å². The third-order valence-electron chi connectivity index (χ3n) is 7.15. The molecule has 10 nitrogen and oxygen atoms in total. The Kier molecular flexibility index (Phi) is 7.51. The molecule has 4 rings (SSSR count). The molecule has 0 unspecified atom stereocenters. The Balaban J connectivity index is 1.36. The van der Waals surface area contributed by atoms with Crippen LogP contribution in [0.2, 0.25) is 0 Å². The van der Waals surface area contributed by atoms with Gasteiger partial charge in [0.15, 0.2) is 5.69 Å². The van der Waals surface area contributed by atoms with Crippen LogP contribution in [0.15, 0.2) is 36.4 Å². The lowest BCUT2D eigenvalue weighted by atomic mass is 9.96. The Labute approximate surface area is 206 Å². The van der Waals surface area contributed by atoms with Crippen molar-refractivity contribution in [1.29, 1.82) is 0 Å². The molecule has 0 radical (unpaired) electrons. The monoisotopic (exact) mass is 481 g/mol. The van der Waals surface area contributed by atoms with Gasteiger partial charge in [-0.05, 0) is 19.0 Å². The highest BCUT2D eigenvalue weighted by Gasteiger charge is 2.46. The summed E-state index contributed by atoms with van der Waals surface area (Å²) in [5, 5.41) is 10.2. The van der Waals surface area contributed by atoms with Gasteiger partial charge in [0.2, 0.25) is 5.91 Å². The molecule has 35 heavy (non-hydrogen) atoms. The van der Waals surface area contributed by atoms with Crippen LogP contribution in [0.25, 0.3) is 0 Å². The van der Waals surface area contributed by atoms with E-state index in [-0.39, 0.29) is 30.0 Å². The number of nitrogens with zero attached hydrogens (tertiary/aromatic N) is 5. The summed E-state index contributed by atoms with van der Waals surface area (Å²) >= 11 is 0. The van der Waals surface area contributed by atoms with Gasteiger partial charge < -0.3 is 20.4 Å². The predicted molar refractivity (Wildman–Crippen MR) is 132 cm³/mol. The van der Waals surface area contributed by atoms with E-state index in [1.165, 1.54) is 15.6 Å². The normalized spacial score (nSPS) is 21.0. The SMILES string of the molecule is CCN1CCN(CCNC(=O)c2cc3n(n2)C[C@](C)(C(=O)NCc2ccccc2)N(C)C3=O)CC1. The minimum atomic E-state index is -1.13. The van der Waals surface area contributed by atoms with Crippen LogP contribution in [0.3, 0.4) is 0 Å². The minimum absolute atomic E-state index is 0.167. The number of hydrogen-bond acceptors (Lipinski definition) is 6. The number of piperazine rings is 1. The van der Waals surface area contributed by atoms with Crippen molar-refractivity contribution < 1.29 is 14.4 Å². The lowest BCUT2D eigenvalue weighted by Gasteiger charge is -2.40. The maximum absolute atomic E-state index is 13.1. The second-order valence-electron chi connectivity index (χ2n) is 9.41. The van der Waals surface area contributed by atoms with Crippen LogP contribution in [0, 0.1) is 0 Å². The Morgan fingerprint density at radius 1 is 1.06 bits per heavy atom. The molecule has 2 N–H and O–H groups in total. The number of nitrogens with one attached hydrogen (secondary N) is 2. The highest BCUT2D eigenvalue weighted by atomic mass is 16.2. The highest BCUT2D eigenvalue weighted by Crippen LogP contribution is 2.26. The second-order valence-corrected chi connectivity index (χ2v) is 9.41. The van der Waals surface area contributed by atoms with Crippen molar-refractivity contribution in [2.45, 2.75) is 32.5 Å². The van der Waals surface area contributed by atoms with E-state index in [9.17, 15) is 14.4 Å².